The predicted octanol–water partition coefficient (Wildman–Crippen LogP) is 2.29. The molecule has 0 spiro atoms. The van der Waals surface area contributed by atoms with E-state index in [1.165, 1.54) is 5.56 Å². The maximum Gasteiger partial charge on any atom is 0.128 e. The summed E-state index contributed by atoms with van der Waals surface area (Å²) >= 11 is 3.44. The molecule has 3 rings (SSSR count). The van der Waals surface area contributed by atoms with Gasteiger partial charge >= 0.3 is 0 Å². The fourth-order valence-electron chi connectivity index (χ4n) is 2.72. The van der Waals surface area contributed by atoms with Crippen molar-refractivity contribution in [1.29, 1.82) is 0 Å². The van der Waals surface area contributed by atoms with Gasteiger partial charge < -0.3 is 4.90 Å². The molecule has 0 bridgehead atoms. The topological polar surface area (TPSA) is 37.2 Å². The summed E-state index contributed by atoms with van der Waals surface area (Å²) in [5.41, 5.74) is 1.28. The zero-order valence-corrected chi connectivity index (χ0v) is 13.8. The Morgan fingerprint density at radius 2 is 2.05 bits per heavy atom. The molecule has 0 N–H and O–H groups in total. The van der Waals surface area contributed by atoms with Crippen LogP contribution >= 0.6 is 15.9 Å². The first kappa shape index (κ1) is 14.5. The van der Waals surface area contributed by atoms with Gasteiger partial charge in [-0.05, 0) is 34.5 Å². The third-order valence-corrected chi connectivity index (χ3v) is 4.26. The average molecular weight is 350 g/mol. The molecular weight excluding hydrogens is 330 g/mol. The van der Waals surface area contributed by atoms with Gasteiger partial charge in [-0.3, -0.25) is 9.58 Å². The van der Waals surface area contributed by atoms with Crippen LogP contribution in [-0.4, -0.2) is 45.8 Å². The number of aryl methyl sites for hydroxylation is 1. The smallest absolute Gasteiger partial charge is 0.128 e. The third-order valence-electron chi connectivity index (χ3n) is 3.79. The summed E-state index contributed by atoms with van der Waals surface area (Å²) in [4.78, 5) is 9.37. The molecule has 2 aromatic heterocycles. The van der Waals surface area contributed by atoms with Crippen molar-refractivity contribution >= 4 is 21.7 Å². The molecule has 3 heterocycles. The summed E-state index contributed by atoms with van der Waals surface area (Å²) in [5, 5.41) is 4.24. The Balaban J connectivity index is 1.60. The van der Waals surface area contributed by atoms with Crippen molar-refractivity contribution in [2.45, 2.75) is 13.0 Å². The summed E-state index contributed by atoms with van der Waals surface area (Å²) in [5.74, 6) is 1.07. The highest BCUT2D eigenvalue weighted by molar-refractivity contribution is 9.10. The van der Waals surface area contributed by atoms with E-state index in [2.05, 4.69) is 54.1 Å². The van der Waals surface area contributed by atoms with Crippen molar-refractivity contribution in [3.8, 4) is 0 Å². The second-order valence-electron chi connectivity index (χ2n) is 5.47. The van der Waals surface area contributed by atoms with Crippen molar-refractivity contribution in [3.05, 3.63) is 40.8 Å². The van der Waals surface area contributed by atoms with Gasteiger partial charge in [-0.25, -0.2) is 4.98 Å². The molecule has 1 fully saturated rings. The molecule has 1 aliphatic rings. The van der Waals surface area contributed by atoms with Crippen LogP contribution in [0.3, 0.4) is 0 Å². The third kappa shape index (κ3) is 3.83. The van der Waals surface area contributed by atoms with Gasteiger partial charge in [0.25, 0.3) is 0 Å². The van der Waals surface area contributed by atoms with Crippen LogP contribution in [0.4, 0.5) is 5.82 Å². The molecule has 0 unspecified atom stereocenters. The van der Waals surface area contributed by atoms with E-state index >= 15 is 0 Å². The van der Waals surface area contributed by atoms with E-state index in [0.717, 1.165) is 49.4 Å². The fourth-order valence-corrected chi connectivity index (χ4v) is 2.96. The summed E-state index contributed by atoms with van der Waals surface area (Å²) in [7, 11) is 1.97. The van der Waals surface area contributed by atoms with Gasteiger partial charge in [-0.15, -0.1) is 0 Å². The number of halogens is 1. The van der Waals surface area contributed by atoms with Crippen LogP contribution in [0, 0.1) is 0 Å². The highest BCUT2D eigenvalue weighted by Crippen LogP contribution is 2.17. The van der Waals surface area contributed by atoms with Crippen LogP contribution < -0.4 is 4.90 Å². The number of pyridine rings is 1. The Hall–Kier alpha value is -1.40. The average Bonchev–Trinajstić information content (AvgIpc) is 2.74. The highest BCUT2D eigenvalue weighted by atomic mass is 79.9. The molecule has 5 nitrogen and oxygen atoms in total. The molecule has 6 heteroatoms. The Morgan fingerprint density at radius 1 is 1.14 bits per heavy atom. The minimum absolute atomic E-state index is 0.982. The SMILES string of the molecule is Cn1cc(CN2CCCN(c3ccc(Br)cn3)CC2)cn1. The van der Waals surface area contributed by atoms with Crippen LogP contribution in [0.1, 0.15) is 12.0 Å². The lowest BCUT2D eigenvalue weighted by Crippen LogP contribution is -2.30. The molecule has 0 atom stereocenters. The van der Waals surface area contributed by atoms with Crippen molar-refractivity contribution in [2.24, 2.45) is 7.05 Å². The monoisotopic (exact) mass is 349 g/mol. The van der Waals surface area contributed by atoms with Crippen LogP contribution in [0.25, 0.3) is 0 Å². The van der Waals surface area contributed by atoms with Crippen LogP contribution in [-0.2, 0) is 13.6 Å². The van der Waals surface area contributed by atoms with Crippen molar-refractivity contribution in [2.75, 3.05) is 31.1 Å². The molecule has 0 aliphatic carbocycles. The maximum absolute atomic E-state index is 4.50. The number of hydrogen-bond donors (Lipinski definition) is 0. The van der Waals surface area contributed by atoms with Gasteiger partial charge in [-0.2, -0.15) is 5.10 Å². The second-order valence-corrected chi connectivity index (χ2v) is 6.39. The quantitative estimate of drug-likeness (QED) is 0.851. The molecule has 1 aliphatic heterocycles. The van der Waals surface area contributed by atoms with E-state index in [-0.39, 0.29) is 0 Å². The van der Waals surface area contributed by atoms with Gasteiger partial charge in [0.2, 0.25) is 0 Å². The molecule has 112 valence electrons. The molecule has 2 aromatic rings. The van der Waals surface area contributed by atoms with Crippen molar-refractivity contribution in [3.63, 3.8) is 0 Å². The van der Waals surface area contributed by atoms with Crippen LogP contribution in [0.2, 0.25) is 0 Å². The molecular formula is C15H20BrN5. The Labute approximate surface area is 133 Å². The van der Waals surface area contributed by atoms with Crippen LogP contribution in [0.15, 0.2) is 35.2 Å². The Bertz CT molecular complexity index is 580. The minimum Gasteiger partial charge on any atom is -0.355 e. The van der Waals surface area contributed by atoms with Crippen LogP contribution in [0.5, 0.6) is 0 Å². The van der Waals surface area contributed by atoms with E-state index in [1.54, 1.807) is 0 Å². The lowest BCUT2D eigenvalue weighted by atomic mass is 10.3. The maximum atomic E-state index is 4.50. The molecule has 0 amide bonds. The predicted molar refractivity (Wildman–Crippen MR) is 87.3 cm³/mol. The highest BCUT2D eigenvalue weighted by Gasteiger charge is 2.16. The standard InChI is InChI=1S/C15H20BrN5/c1-19-11-13(9-18-19)12-20-5-2-6-21(8-7-20)15-4-3-14(16)10-17-15/h3-4,9-11H,2,5-8,12H2,1H3. The first-order valence-electron chi connectivity index (χ1n) is 7.27. The first-order valence-corrected chi connectivity index (χ1v) is 8.06. The molecule has 1 saturated heterocycles. The van der Waals surface area contributed by atoms with E-state index < -0.39 is 0 Å². The largest absolute Gasteiger partial charge is 0.355 e. The van der Waals surface area contributed by atoms with E-state index in [4.69, 9.17) is 0 Å². The fraction of sp³-hybridized carbons (Fsp3) is 0.467. The Morgan fingerprint density at radius 3 is 2.76 bits per heavy atom. The number of aromatic nitrogens is 3. The molecule has 0 aromatic carbocycles. The summed E-state index contributed by atoms with van der Waals surface area (Å²) in [6.07, 6.45) is 7.09. The van der Waals surface area contributed by atoms with Gasteiger partial charge in [0.1, 0.15) is 5.82 Å². The van der Waals surface area contributed by atoms with Gasteiger partial charge in [0.05, 0.1) is 6.20 Å². The second kappa shape index (κ2) is 6.58. The summed E-state index contributed by atoms with van der Waals surface area (Å²) in [6.45, 7) is 5.26. The van der Waals surface area contributed by atoms with Gasteiger partial charge in [0.15, 0.2) is 0 Å². The van der Waals surface area contributed by atoms with E-state index in [0.29, 0.717) is 0 Å². The number of rotatable bonds is 3. The number of hydrogen-bond acceptors (Lipinski definition) is 4. The summed E-state index contributed by atoms with van der Waals surface area (Å²) in [6, 6.07) is 4.14. The first-order chi connectivity index (χ1) is 10.2. The lowest BCUT2D eigenvalue weighted by Gasteiger charge is -2.22. The zero-order valence-electron chi connectivity index (χ0n) is 12.2. The number of nitrogens with zero attached hydrogens (tertiary/aromatic N) is 5. The Kier molecular flexibility index (Phi) is 4.55. The van der Waals surface area contributed by atoms with Crippen molar-refractivity contribution < 1.29 is 0 Å². The lowest BCUT2D eigenvalue weighted by molar-refractivity contribution is 0.285. The zero-order chi connectivity index (χ0) is 14.7. The number of anilines is 1. The van der Waals surface area contributed by atoms with E-state index in [9.17, 15) is 0 Å². The molecule has 21 heavy (non-hydrogen) atoms. The normalized spacial score (nSPS) is 17.0. The van der Waals surface area contributed by atoms with Crippen molar-refractivity contribution in [1.82, 2.24) is 19.7 Å². The van der Waals surface area contributed by atoms with E-state index in [1.807, 2.05) is 24.1 Å². The molecule has 0 radical (unpaired) electrons. The van der Waals surface area contributed by atoms with Gasteiger partial charge in [0, 0.05) is 62.2 Å². The van der Waals surface area contributed by atoms with Gasteiger partial charge in [-0.1, -0.05) is 0 Å². The summed E-state index contributed by atoms with van der Waals surface area (Å²) < 4.78 is 2.89. The minimum atomic E-state index is 0.982. The molecule has 0 saturated carbocycles.